The van der Waals surface area contributed by atoms with Gasteiger partial charge in [-0.15, -0.1) is 0 Å². The van der Waals surface area contributed by atoms with Crippen LogP contribution in [0.1, 0.15) is 25.7 Å². The molecule has 0 bridgehead atoms. The number of nitrogens with one attached hydrogen (secondary N) is 1. The number of rotatable bonds is 5. The van der Waals surface area contributed by atoms with Gasteiger partial charge < -0.3 is 5.11 Å². The Hall–Kier alpha value is -1.47. The Morgan fingerprint density at radius 1 is 1.42 bits per heavy atom. The molecule has 0 atom stereocenters. The lowest BCUT2D eigenvalue weighted by Gasteiger charge is -2.23. The summed E-state index contributed by atoms with van der Waals surface area (Å²) in [6.45, 7) is -0.0699. The molecule has 1 aromatic heterocycles. The Bertz CT molecular complexity index is 550. The zero-order valence-electron chi connectivity index (χ0n) is 10.4. The smallest absolute Gasteiger partial charge is 0.310 e. The minimum atomic E-state index is -3.70. The maximum atomic E-state index is 12.0. The van der Waals surface area contributed by atoms with Crippen LogP contribution in [0.4, 0.5) is 0 Å². The van der Waals surface area contributed by atoms with E-state index >= 15 is 0 Å². The Balaban J connectivity index is 2.12. The first-order valence-corrected chi connectivity index (χ1v) is 7.58. The van der Waals surface area contributed by atoms with Crippen LogP contribution in [0.5, 0.6) is 0 Å². The molecule has 1 aromatic rings. The molecule has 2 rings (SSSR count). The number of aliphatic carboxylic acids is 1. The van der Waals surface area contributed by atoms with Gasteiger partial charge in [0.2, 0.25) is 10.0 Å². The van der Waals surface area contributed by atoms with Crippen LogP contribution < -0.4 is 4.72 Å². The Morgan fingerprint density at radius 2 is 2.11 bits per heavy atom. The van der Waals surface area contributed by atoms with Crippen molar-refractivity contribution < 1.29 is 18.3 Å². The van der Waals surface area contributed by atoms with Crippen molar-refractivity contribution >= 4 is 16.0 Å². The lowest BCUT2D eigenvalue weighted by molar-refractivity contribution is -0.148. The first-order valence-electron chi connectivity index (χ1n) is 6.09. The summed E-state index contributed by atoms with van der Waals surface area (Å²) in [6.07, 6.45) is 5.39. The van der Waals surface area contributed by atoms with E-state index in [0.717, 1.165) is 12.8 Å². The van der Waals surface area contributed by atoms with Gasteiger partial charge in [0.1, 0.15) is 4.90 Å². The summed E-state index contributed by atoms with van der Waals surface area (Å²) in [7, 11) is -3.70. The molecule has 1 fully saturated rings. The van der Waals surface area contributed by atoms with Crippen molar-refractivity contribution in [3.63, 3.8) is 0 Å². The molecule has 1 heterocycles. The van der Waals surface area contributed by atoms with E-state index < -0.39 is 21.4 Å². The van der Waals surface area contributed by atoms with Gasteiger partial charge in [0, 0.05) is 18.9 Å². The molecule has 0 radical (unpaired) electrons. The van der Waals surface area contributed by atoms with Gasteiger partial charge in [-0.25, -0.2) is 13.1 Å². The normalized spacial score (nSPS) is 18.3. The van der Waals surface area contributed by atoms with E-state index in [1.807, 2.05) is 0 Å². The van der Waals surface area contributed by atoms with E-state index in [2.05, 4.69) is 9.71 Å². The first-order chi connectivity index (χ1) is 8.96. The number of aromatic nitrogens is 1. The Labute approximate surface area is 111 Å². The third-order valence-corrected chi connectivity index (χ3v) is 4.95. The van der Waals surface area contributed by atoms with E-state index in [9.17, 15) is 18.3 Å². The largest absolute Gasteiger partial charge is 0.481 e. The van der Waals surface area contributed by atoms with Gasteiger partial charge in [-0.2, -0.15) is 0 Å². The maximum absolute atomic E-state index is 12.0. The molecule has 104 valence electrons. The fourth-order valence-electron chi connectivity index (χ4n) is 2.34. The molecule has 1 aliphatic rings. The lowest BCUT2D eigenvalue weighted by atomic mass is 9.87. The molecule has 7 heteroatoms. The zero-order chi connectivity index (χ0) is 13.9. The highest BCUT2D eigenvalue weighted by Gasteiger charge is 2.42. The van der Waals surface area contributed by atoms with Crippen LogP contribution in [0.25, 0.3) is 0 Å². The Morgan fingerprint density at radius 3 is 2.63 bits per heavy atom. The van der Waals surface area contributed by atoms with Crippen LogP contribution in [0, 0.1) is 5.41 Å². The van der Waals surface area contributed by atoms with Gasteiger partial charge in [0.15, 0.2) is 0 Å². The van der Waals surface area contributed by atoms with E-state index in [1.165, 1.54) is 24.5 Å². The average Bonchev–Trinajstić information content (AvgIpc) is 2.88. The molecule has 1 saturated carbocycles. The van der Waals surface area contributed by atoms with Gasteiger partial charge in [0.05, 0.1) is 5.41 Å². The quantitative estimate of drug-likeness (QED) is 0.841. The van der Waals surface area contributed by atoms with Crippen molar-refractivity contribution in [1.82, 2.24) is 9.71 Å². The van der Waals surface area contributed by atoms with E-state index in [1.54, 1.807) is 0 Å². The highest BCUT2D eigenvalue weighted by Crippen LogP contribution is 2.38. The fourth-order valence-corrected chi connectivity index (χ4v) is 3.43. The van der Waals surface area contributed by atoms with Gasteiger partial charge in [-0.3, -0.25) is 9.78 Å². The zero-order valence-corrected chi connectivity index (χ0v) is 11.2. The SMILES string of the molecule is O=C(O)C1(CNS(=O)(=O)c2cccnc2)CCCC1. The number of carboxylic acid groups (broad SMARTS) is 1. The first kappa shape index (κ1) is 14.0. The van der Waals surface area contributed by atoms with Gasteiger partial charge in [-0.05, 0) is 25.0 Å². The molecule has 0 saturated heterocycles. The number of carbonyl (C=O) groups is 1. The van der Waals surface area contributed by atoms with Crippen LogP contribution in [0.15, 0.2) is 29.4 Å². The minimum absolute atomic E-state index is 0.0496. The third kappa shape index (κ3) is 2.93. The summed E-state index contributed by atoms with van der Waals surface area (Å²) < 4.78 is 26.4. The van der Waals surface area contributed by atoms with Crippen LogP contribution in [0.2, 0.25) is 0 Å². The molecule has 0 aromatic carbocycles. The summed E-state index contributed by atoms with van der Waals surface area (Å²) in [6, 6.07) is 2.95. The van der Waals surface area contributed by atoms with Crippen molar-refractivity contribution in [1.29, 1.82) is 0 Å². The number of pyridine rings is 1. The second-order valence-electron chi connectivity index (χ2n) is 4.81. The molecule has 2 N–H and O–H groups in total. The molecule has 0 unspecified atom stereocenters. The predicted octanol–water partition coefficient (Wildman–Crippen LogP) is 1.00. The number of sulfonamides is 1. The van der Waals surface area contributed by atoms with Crippen molar-refractivity contribution in [2.75, 3.05) is 6.54 Å². The monoisotopic (exact) mass is 284 g/mol. The van der Waals surface area contributed by atoms with Crippen LogP contribution >= 0.6 is 0 Å². The lowest BCUT2D eigenvalue weighted by Crippen LogP contribution is -2.41. The summed E-state index contributed by atoms with van der Waals surface area (Å²) in [4.78, 5) is 15.1. The number of hydrogen-bond donors (Lipinski definition) is 2. The summed E-state index contributed by atoms with van der Waals surface area (Å²) in [5.41, 5.74) is -0.963. The summed E-state index contributed by atoms with van der Waals surface area (Å²) in [5, 5.41) is 9.28. The second-order valence-corrected chi connectivity index (χ2v) is 6.57. The maximum Gasteiger partial charge on any atom is 0.310 e. The van der Waals surface area contributed by atoms with E-state index in [-0.39, 0.29) is 11.4 Å². The molecular weight excluding hydrogens is 268 g/mol. The number of nitrogens with zero attached hydrogens (tertiary/aromatic N) is 1. The van der Waals surface area contributed by atoms with Crippen molar-refractivity contribution in [3.05, 3.63) is 24.5 Å². The average molecular weight is 284 g/mol. The molecule has 0 spiro atoms. The molecule has 6 nitrogen and oxygen atoms in total. The highest BCUT2D eigenvalue weighted by atomic mass is 32.2. The fraction of sp³-hybridized carbons (Fsp3) is 0.500. The Kier molecular flexibility index (Phi) is 3.86. The second kappa shape index (κ2) is 5.26. The molecular formula is C12H16N2O4S. The van der Waals surface area contributed by atoms with E-state index in [4.69, 9.17) is 0 Å². The van der Waals surface area contributed by atoms with Crippen LogP contribution in [-0.2, 0) is 14.8 Å². The van der Waals surface area contributed by atoms with Gasteiger partial charge in [-0.1, -0.05) is 12.8 Å². The minimum Gasteiger partial charge on any atom is -0.481 e. The highest BCUT2D eigenvalue weighted by molar-refractivity contribution is 7.89. The number of hydrogen-bond acceptors (Lipinski definition) is 4. The summed E-state index contributed by atoms with van der Waals surface area (Å²) in [5.74, 6) is -0.932. The molecule has 19 heavy (non-hydrogen) atoms. The van der Waals surface area contributed by atoms with Crippen LogP contribution in [0.3, 0.4) is 0 Å². The summed E-state index contributed by atoms with van der Waals surface area (Å²) >= 11 is 0. The number of carboxylic acids is 1. The standard InChI is InChI=1S/C12H16N2O4S/c15-11(16)12(5-1-2-6-12)9-14-19(17,18)10-4-3-7-13-8-10/h3-4,7-8,14H,1-2,5-6,9H2,(H,15,16). The topological polar surface area (TPSA) is 96.4 Å². The predicted molar refractivity (Wildman–Crippen MR) is 68.0 cm³/mol. The van der Waals surface area contributed by atoms with Crippen LogP contribution in [-0.4, -0.2) is 31.0 Å². The van der Waals surface area contributed by atoms with Crippen molar-refractivity contribution in [3.8, 4) is 0 Å². The molecule has 0 aliphatic heterocycles. The molecule has 0 amide bonds. The van der Waals surface area contributed by atoms with Crippen molar-refractivity contribution in [2.45, 2.75) is 30.6 Å². The third-order valence-electron chi connectivity index (χ3n) is 3.56. The van der Waals surface area contributed by atoms with E-state index in [0.29, 0.717) is 12.8 Å². The van der Waals surface area contributed by atoms with Gasteiger partial charge >= 0.3 is 5.97 Å². The molecule has 1 aliphatic carbocycles. The van der Waals surface area contributed by atoms with Crippen molar-refractivity contribution in [2.24, 2.45) is 5.41 Å². The van der Waals surface area contributed by atoms with Gasteiger partial charge in [0.25, 0.3) is 0 Å².